The van der Waals surface area contributed by atoms with Gasteiger partial charge in [-0.2, -0.15) is 4.31 Å². The Morgan fingerprint density at radius 3 is 2.58 bits per heavy atom. The van der Waals surface area contributed by atoms with Gasteiger partial charge in [0.1, 0.15) is 5.75 Å². The van der Waals surface area contributed by atoms with Crippen LogP contribution in [0.5, 0.6) is 5.75 Å². The number of carbonyl (C=O) groups is 1. The molecule has 2 aromatic rings. The maximum Gasteiger partial charge on any atom is 0.235 e. The van der Waals surface area contributed by atoms with Crippen molar-refractivity contribution in [1.82, 2.24) is 14.6 Å². The summed E-state index contributed by atoms with van der Waals surface area (Å²) in [7, 11) is -1.95. The summed E-state index contributed by atoms with van der Waals surface area (Å²) >= 11 is 0. The fourth-order valence-corrected chi connectivity index (χ4v) is 3.20. The molecular weight excluding hydrogens is 354 g/mol. The smallest absolute Gasteiger partial charge is 0.235 e. The molecule has 140 valence electrons. The molecule has 1 amide bonds. The molecule has 0 aliphatic heterocycles. The van der Waals surface area contributed by atoms with Gasteiger partial charge in [0.05, 0.1) is 32.1 Å². The minimum absolute atomic E-state index is 0.191. The van der Waals surface area contributed by atoms with Gasteiger partial charge in [-0.15, -0.1) is 0 Å². The summed E-state index contributed by atoms with van der Waals surface area (Å²) in [6.07, 6.45) is 3.18. The zero-order chi connectivity index (χ0) is 19.0. The third-order valence-corrected chi connectivity index (χ3v) is 5.05. The number of benzene rings is 1. The molecule has 0 saturated carbocycles. The van der Waals surface area contributed by atoms with Crippen LogP contribution in [-0.2, 0) is 27.8 Å². The van der Waals surface area contributed by atoms with Crippen molar-refractivity contribution in [3.05, 3.63) is 59.9 Å². The molecule has 1 N–H and O–H groups in total. The van der Waals surface area contributed by atoms with Crippen molar-refractivity contribution in [2.75, 3.05) is 26.5 Å². The van der Waals surface area contributed by atoms with Crippen LogP contribution >= 0.6 is 0 Å². The normalized spacial score (nSPS) is 11.3. The molecule has 0 aliphatic rings. The number of carbonyl (C=O) groups excluding carboxylic acids is 1. The second-order valence-corrected chi connectivity index (χ2v) is 7.74. The van der Waals surface area contributed by atoms with E-state index >= 15 is 0 Å². The number of nitrogens with zero attached hydrogens (tertiary/aromatic N) is 2. The molecule has 0 fully saturated rings. The predicted octanol–water partition coefficient (Wildman–Crippen LogP) is 1.21. The van der Waals surface area contributed by atoms with Crippen LogP contribution in [0.1, 0.15) is 11.3 Å². The molecule has 0 radical (unpaired) electrons. The molecule has 7 nitrogen and oxygen atoms in total. The molecule has 0 spiro atoms. The Hall–Kier alpha value is -2.45. The summed E-state index contributed by atoms with van der Waals surface area (Å²) in [5.74, 6) is 0.321. The molecule has 0 saturated heterocycles. The highest BCUT2D eigenvalue weighted by molar-refractivity contribution is 7.88. The highest BCUT2D eigenvalue weighted by Gasteiger charge is 2.20. The first-order valence-corrected chi connectivity index (χ1v) is 9.98. The van der Waals surface area contributed by atoms with Crippen molar-refractivity contribution in [1.29, 1.82) is 0 Å². The van der Waals surface area contributed by atoms with E-state index in [4.69, 9.17) is 4.74 Å². The van der Waals surface area contributed by atoms with E-state index in [-0.39, 0.29) is 25.5 Å². The molecular formula is C18H23N3O4S. The molecule has 0 atom stereocenters. The molecule has 8 heteroatoms. The Bertz CT molecular complexity index is 825. The number of sulfonamides is 1. The highest BCUT2D eigenvalue weighted by atomic mass is 32.2. The molecule has 1 aromatic heterocycles. The summed E-state index contributed by atoms with van der Waals surface area (Å²) in [5, 5.41) is 2.69. The van der Waals surface area contributed by atoms with Gasteiger partial charge in [0, 0.05) is 12.7 Å². The van der Waals surface area contributed by atoms with E-state index in [1.54, 1.807) is 25.4 Å². The standard InChI is InChI=1S/C18H23N3O4S/c1-25-17-9-4-3-7-15(17)10-12-21(26(2,23)24)14-18(22)20-13-16-8-5-6-11-19-16/h3-9,11H,10,12-14H2,1-2H3,(H,20,22). The largest absolute Gasteiger partial charge is 0.496 e. The summed E-state index contributed by atoms with van der Waals surface area (Å²) < 4.78 is 30.5. The van der Waals surface area contributed by atoms with Crippen LogP contribution in [0.2, 0.25) is 0 Å². The summed E-state index contributed by atoms with van der Waals surface area (Å²) in [6.45, 7) is 0.209. The number of methoxy groups -OCH3 is 1. The number of ether oxygens (including phenoxy) is 1. The molecule has 0 unspecified atom stereocenters. The molecule has 2 rings (SSSR count). The number of hydrogen-bond acceptors (Lipinski definition) is 5. The average molecular weight is 377 g/mol. The fourth-order valence-electron chi connectivity index (χ4n) is 2.42. The molecule has 0 aliphatic carbocycles. The maximum atomic E-state index is 12.1. The number of para-hydroxylation sites is 1. The second-order valence-electron chi connectivity index (χ2n) is 5.76. The minimum atomic E-state index is -3.52. The molecule has 26 heavy (non-hydrogen) atoms. The lowest BCUT2D eigenvalue weighted by atomic mass is 10.1. The Kier molecular flexibility index (Phi) is 7.11. The first kappa shape index (κ1) is 19.9. The van der Waals surface area contributed by atoms with Crippen LogP contribution in [0.15, 0.2) is 48.7 Å². The van der Waals surface area contributed by atoms with E-state index in [0.717, 1.165) is 16.1 Å². The number of pyridine rings is 1. The second kappa shape index (κ2) is 9.30. The highest BCUT2D eigenvalue weighted by Crippen LogP contribution is 2.18. The predicted molar refractivity (Wildman–Crippen MR) is 99.2 cm³/mol. The summed E-state index contributed by atoms with van der Waals surface area (Å²) in [6, 6.07) is 12.8. The van der Waals surface area contributed by atoms with Crippen LogP contribution in [0.3, 0.4) is 0 Å². The van der Waals surface area contributed by atoms with Gasteiger partial charge in [0.2, 0.25) is 15.9 Å². The van der Waals surface area contributed by atoms with Crippen LogP contribution in [0, 0.1) is 0 Å². The van der Waals surface area contributed by atoms with Gasteiger partial charge >= 0.3 is 0 Å². The molecule has 1 heterocycles. The van der Waals surface area contributed by atoms with Crippen LogP contribution in [0.4, 0.5) is 0 Å². The summed E-state index contributed by atoms with van der Waals surface area (Å²) in [5.41, 5.74) is 1.60. The van der Waals surface area contributed by atoms with Gasteiger partial charge in [-0.1, -0.05) is 24.3 Å². The Morgan fingerprint density at radius 2 is 1.92 bits per heavy atom. The zero-order valence-corrected chi connectivity index (χ0v) is 15.7. The van der Waals surface area contributed by atoms with E-state index in [1.165, 1.54) is 0 Å². The lowest BCUT2D eigenvalue weighted by Gasteiger charge is -2.20. The van der Waals surface area contributed by atoms with Gasteiger partial charge in [0.25, 0.3) is 0 Å². The van der Waals surface area contributed by atoms with Gasteiger partial charge in [-0.3, -0.25) is 9.78 Å². The van der Waals surface area contributed by atoms with E-state index in [0.29, 0.717) is 17.9 Å². The molecule has 0 bridgehead atoms. The number of nitrogens with one attached hydrogen (secondary N) is 1. The third kappa shape index (κ3) is 6.12. The van der Waals surface area contributed by atoms with Crippen molar-refractivity contribution in [3.63, 3.8) is 0 Å². The average Bonchev–Trinajstić information content (AvgIpc) is 2.63. The third-order valence-electron chi connectivity index (χ3n) is 3.80. The lowest BCUT2D eigenvalue weighted by Crippen LogP contribution is -2.41. The van der Waals surface area contributed by atoms with Crippen molar-refractivity contribution < 1.29 is 17.9 Å². The lowest BCUT2D eigenvalue weighted by molar-refractivity contribution is -0.121. The first-order valence-electron chi connectivity index (χ1n) is 8.14. The topological polar surface area (TPSA) is 88.6 Å². The fraction of sp³-hybridized carbons (Fsp3) is 0.333. The Balaban J connectivity index is 1.95. The van der Waals surface area contributed by atoms with E-state index < -0.39 is 10.0 Å². The number of amides is 1. The quantitative estimate of drug-likeness (QED) is 0.710. The molecule has 1 aromatic carbocycles. The first-order chi connectivity index (χ1) is 12.4. The number of rotatable bonds is 9. The van der Waals surface area contributed by atoms with Crippen molar-refractivity contribution in [2.24, 2.45) is 0 Å². The van der Waals surface area contributed by atoms with Gasteiger partial charge < -0.3 is 10.1 Å². The van der Waals surface area contributed by atoms with E-state index in [2.05, 4.69) is 10.3 Å². The van der Waals surface area contributed by atoms with E-state index in [1.807, 2.05) is 30.3 Å². The maximum absolute atomic E-state index is 12.1. The van der Waals surface area contributed by atoms with Gasteiger partial charge in [-0.25, -0.2) is 8.42 Å². The van der Waals surface area contributed by atoms with Crippen LogP contribution in [0.25, 0.3) is 0 Å². The van der Waals surface area contributed by atoms with Crippen LogP contribution in [-0.4, -0.2) is 50.1 Å². The van der Waals surface area contributed by atoms with E-state index in [9.17, 15) is 13.2 Å². The van der Waals surface area contributed by atoms with Crippen molar-refractivity contribution >= 4 is 15.9 Å². The minimum Gasteiger partial charge on any atom is -0.496 e. The van der Waals surface area contributed by atoms with Crippen molar-refractivity contribution in [2.45, 2.75) is 13.0 Å². The van der Waals surface area contributed by atoms with Gasteiger partial charge in [-0.05, 0) is 30.2 Å². The van der Waals surface area contributed by atoms with Crippen molar-refractivity contribution in [3.8, 4) is 5.75 Å². The summed E-state index contributed by atoms with van der Waals surface area (Å²) in [4.78, 5) is 16.3. The Morgan fingerprint density at radius 1 is 1.19 bits per heavy atom. The monoisotopic (exact) mass is 377 g/mol. The number of hydrogen-bond donors (Lipinski definition) is 1. The van der Waals surface area contributed by atoms with Crippen LogP contribution < -0.4 is 10.1 Å². The van der Waals surface area contributed by atoms with Gasteiger partial charge in [0.15, 0.2) is 0 Å². The zero-order valence-electron chi connectivity index (χ0n) is 14.9. The SMILES string of the molecule is COc1ccccc1CCN(CC(=O)NCc1ccccn1)S(C)(=O)=O. The Labute approximate surface area is 154 Å². The number of aromatic nitrogens is 1.